The van der Waals surface area contributed by atoms with E-state index in [1.165, 1.54) is 6.33 Å². The molecule has 0 aliphatic carbocycles. The summed E-state index contributed by atoms with van der Waals surface area (Å²) in [5.74, 6) is -0.0529. The van der Waals surface area contributed by atoms with Crippen molar-refractivity contribution in [1.29, 1.82) is 0 Å². The maximum absolute atomic E-state index is 10.3. The SMILES string of the molecule is CCCOc1cc(NCC(=O)O)ncn1. The highest BCUT2D eigenvalue weighted by Gasteiger charge is 2.01. The van der Waals surface area contributed by atoms with Crippen LogP contribution < -0.4 is 10.1 Å². The molecular weight excluding hydrogens is 198 g/mol. The average molecular weight is 211 g/mol. The van der Waals surface area contributed by atoms with Crippen molar-refractivity contribution in [2.24, 2.45) is 0 Å². The lowest BCUT2D eigenvalue weighted by Crippen LogP contribution is -2.13. The lowest BCUT2D eigenvalue weighted by atomic mass is 10.5. The van der Waals surface area contributed by atoms with Gasteiger partial charge in [0.15, 0.2) is 0 Å². The summed E-state index contributed by atoms with van der Waals surface area (Å²) in [6, 6.07) is 1.57. The van der Waals surface area contributed by atoms with Gasteiger partial charge in [0, 0.05) is 6.07 Å². The Balaban J connectivity index is 2.53. The third-order valence-electron chi connectivity index (χ3n) is 1.52. The van der Waals surface area contributed by atoms with Crippen molar-refractivity contribution in [3.63, 3.8) is 0 Å². The first-order valence-electron chi connectivity index (χ1n) is 4.63. The summed E-state index contributed by atoms with van der Waals surface area (Å²) >= 11 is 0. The van der Waals surface area contributed by atoms with Gasteiger partial charge in [-0.2, -0.15) is 0 Å². The van der Waals surface area contributed by atoms with Gasteiger partial charge in [-0.15, -0.1) is 0 Å². The van der Waals surface area contributed by atoms with Gasteiger partial charge in [0.05, 0.1) is 6.61 Å². The van der Waals surface area contributed by atoms with Gasteiger partial charge in [-0.1, -0.05) is 6.92 Å². The highest BCUT2D eigenvalue weighted by molar-refractivity contribution is 5.72. The molecule has 0 bridgehead atoms. The average Bonchev–Trinajstić information content (AvgIpc) is 2.24. The van der Waals surface area contributed by atoms with Gasteiger partial charge in [0.2, 0.25) is 5.88 Å². The number of aliphatic carboxylic acids is 1. The lowest BCUT2D eigenvalue weighted by molar-refractivity contribution is -0.134. The number of ether oxygens (including phenoxy) is 1. The van der Waals surface area contributed by atoms with Crippen molar-refractivity contribution in [2.45, 2.75) is 13.3 Å². The fourth-order valence-corrected chi connectivity index (χ4v) is 0.888. The summed E-state index contributed by atoms with van der Waals surface area (Å²) in [6.45, 7) is 2.39. The number of carboxylic acids is 1. The zero-order valence-corrected chi connectivity index (χ0v) is 8.43. The Morgan fingerprint density at radius 2 is 2.40 bits per heavy atom. The van der Waals surface area contributed by atoms with E-state index in [2.05, 4.69) is 15.3 Å². The van der Waals surface area contributed by atoms with Crippen LogP contribution in [-0.4, -0.2) is 34.2 Å². The molecule has 2 N–H and O–H groups in total. The van der Waals surface area contributed by atoms with E-state index < -0.39 is 5.97 Å². The third kappa shape index (κ3) is 4.26. The summed E-state index contributed by atoms with van der Waals surface area (Å²) < 4.78 is 5.26. The fraction of sp³-hybridized carbons (Fsp3) is 0.444. The Bertz CT molecular complexity index is 330. The van der Waals surface area contributed by atoms with Gasteiger partial charge in [0.25, 0.3) is 0 Å². The van der Waals surface area contributed by atoms with E-state index in [0.29, 0.717) is 18.3 Å². The molecule has 0 saturated carbocycles. The molecule has 6 heteroatoms. The molecule has 0 aliphatic heterocycles. The zero-order chi connectivity index (χ0) is 11.1. The number of anilines is 1. The van der Waals surface area contributed by atoms with Crippen molar-refractivity contribution >= 4 is 11.8 Å². The molecule has 1 aromatic heterocycles. The number of nitrogens with zero attached hydrogens (tertiary/aromatic N) is 2. The molecule has 1 heterocycles. The van der Waals surface area contributed by atoms with Gasteiger partial charge >= 0.3 is 5.97 Å². The molecular formula is C9H13N3O3. The molecule has 1 rings (SSSR count). The second-order valence-corrected chi connectivity index (χ2v) is 2.84. The van der Waals surface area contributed by atoms with E-state index in [9.17, 15) is 4.79 Å². The van der Waals surface area contributed by atoms with Crippen LogP contribution in [0.1, 0.15) is 13.3 Å². The van der Waals surface area contributed by atoms with Crippen molar-refractivity contribution < 1.29 is 14.6 Å². The van der Waals surface area contributed by atoms with Crippen LogP contribution in [0.15, 0.2) is 12.4 Å². The Labute approximate surface area is 87.3 Å². The number of nitrogens with one attached hydrogen (secondary N) is 1. The second-order valence-electron chi connectivity index (χ2n) is 2.84. The van der Waals surface area contributed by atoms with Crippen LogP contribution in [0.5, 0.6) is 5.88 Å². The first kappa shape index (κ1) is 11.2. The zero-order valence-electron chi connectivity index (χ0n) is 8.43. The smallest absolute Gasteiger partial charge is 0.322 e. The molecule has 0 radical (unpaired) electrons. The molecule has 0 spiro atoms. The minimum atomic E-state index is -0.940. The van der Waals surface area contributed by atoms with Gasteiger partial charge in [-0.05, 0) is 6.42 Å². The first-order chi connectivity index (χ1) is 7.22. The van der Waals surface area contributed by atoms with Gasteiger partial charge < -0.3 is 15.2 Å². The highest BCUT2D eigenvalue weighted by Crippen LogP contribution is 2.10. The molecule has 0 amide bonds. The molecule has 15 heavy (non-hydrogen) atoms. The topological polar surface area (TPSA) is 84.3 Å². The van der Waals surface area contributed by atoms with Crippen LogP contribution in [0.4, 0.5) is 5.82 Å². The van der Waals surface area contributed by atoms with Gasteiger partial charge in [-0.3, -0.25) is 4.79 Å². The van der Waals surface area contributed by atoms with E-state index in [4.69, 9.17) is 9.84 Å². The summed E-state index contributed by atoms with van der Waals surface area (Å²) in [5, 5.41) is 11.1. The summed E-state index contributed by atoms with van der Waals surface area (Å²) in [4.78, 5) is 18.0. The molecule has 0 unspecified atom stereocenters. The van der Waals surface area contributed by atoms with Gasteiger partial charge in [0.1, 0.15) is 18.7 Å². The van der Waals surface area contributed by atoms with E-state index in [-0.39, 0.29) is 6.54 Å². The molecule has 82 valence electrons. The molecule has 0 atom stereocenters. The van der Waals surface area contributed by atoms with Crippen molar-refractivity contribution in [1.82, 2.24) is 9.97 Å². The maximum Gasteiger partial charge on any atom is 0.322 e. The molecule has 0 aromatic carbocycles. The Morgan fingerprint density at radius 3 is 3.07 bits per heavy atom. The molecule has 6 nitrogen and oxygen atoms in total. The molecule has 0 aliphatic rings. The minimum absolute atomic E-state index is 0.176. The molecule has 1 aromatic rings. The number of hydrogen-bond acceptors (Lipinski definition) is 5. The number of carboxylic acid groups (broad SMARTS) is 1. The number of rotatable bonds is 6. The van der Waals surface area contributed by atoms with E-state index in [1.807, 2.05) is 6.92 Å². The summed E-state index contributed by atoms with van der Waals surface area (Å²) in [6.07, 6.45) is 2.22. The number of hydrogen-bond donors (Lipinski definition) is 2. The summed E-state index contributed by atoms with van der Waals surface area (Å²) in [5.41, 5.74) is 0. The Morgan fingerprint density at radius 1 is 1.60 bits per heavy atom. The molecule has 0 saturated heterocycles. The third-order valence-corrected chi connectivity index (χ3v) is 1.52. The van der Waals surface area contributed by atoms with Crippen LogP contribution in [-0.2, 0) is 4.79 Å². The largest absolute Gasteiger partial charge is 0.480 e. The van der Waals surface area contributed by atoms with Crippen LogP contribution >= 0.6 is 0 Å². The fourth-order valence-electron chi connectivity index (χ4n) is 0.888. The predicted octanol–water partition coefficient (Wildman–Crippen LogP) is 0.762. The molecule has 0 fully saturated rings. The van der Waals surface area contributed by atoms with Crippen molar-refractivity contribution in [3.8, 4) is 5.88 Å². The Hall–Kier alpha value is -1.85. The van der Waals surface area contributed by atoms with Crippen molar-refractivity contribution in [2.75, 3.05) is 18.5 Å². The standard InChI is InChI=1S/C9H13N3O3/c1-2-3-15-8-4-7(11-6-12-8)10-5-9(13)14/h4,6H,2-3,5H2,1H3,(H,13,14)(H,10,11,12). The number of aromatic nitrogens is 2. The van der Waals surface area contributed by atoms with Crippen LogP contribution in [0, 0.1) is 0 Å². The Kier molecular flexibility index (Phi) is 4.33. The monoisotopic (exact) mass is 211 g/mol. The van der Waals surface area contributed by atoms with Crippen LogP contribution in [0.25, 0.3) is 0 Å². The second kappa shape index (κ2) is 5.79. The predicted molar refractivity (Wildman–Crippen MR) is 53.9 cm³/mol. The van der Waals surface area contributed by atoms with Crippen LogP contribution in [0.2, 0.25) is 0 Å². The first-order valence-corrected chi connectivity index (χ1v) is 4.63. The maximum atomic E-state index is 10.3. The van der Waals surface area contributed by atoms with E-state index >= 15 is 0 Å². The highest BCUT2D eigenvalue weighted by atomic mass is 16.5. The quantitative estimate of drug-likeness (QED) is 0.722. The number of carbonyl (C=O) groups is 1. The lowest BCUT2D eigenvalue weighted by Gasteiger charge is -2.05. The normalized spacial score (nSPS) is 9.67. The summed E-state index contributed by atoms with van der Waals surface area (Å²) in [7, 11) is 0. The van der Waals surface area contributed by atoms with Crippen molar-refractivity contribution in [3.05, 3.63) is 12.4 Å². The van der Waals surface area contributed by atoms with E-state index in [0.717, 1.165) is 6.42 Å². The van der Waals surface area contributed by atoms with E-state index in [1.54, 1.807) is 6.07 Å². The minimum Gasteiger partial charge on any atom is -0.480 e. The van der Waals surface area contributed by atoms with Gasteiger partial charge in [-0.25, -0.2) is 9.97 Å². The van der Waals surface area contributed by atoms with Crippen LogP contribution in [0.3, 0.4) is 0 Å².